The molecule has 1 atom stereocenters. The van der Waals surface area contributed by atoms with Crippen molar-refractivity contribution in [3.05, 3.63) is 58.5 Å². The van der Waals surface area contributed by atoms with E-state index in [0.29, 0.717) is 23.3 Å². The standard InChI is InChI=1S/C20H22N2O4/c1-12-6-8-15-16(11-12)20(25)22(19(15)24)10-4-5-18(23)21-14(3)17-9-7-13(2)26-17/h6-9,11,14H,4-5,10H2,1-3H3,(H,21,23)/t14-/m1/s1. The molecule has 0 bridgehead atoms. The van der Waals surface area contributed by atoms with Crippen molar-refractivity contribution in [1.82, 2.24) is 10.2 Å². The van der Waals surface area contributed by atoms with Gasteiger partial charge < -0.3 is 9.73 Å². The topological polar surface area (TPSA) is 79.6 Å². The number of nitrogens with zero attached hydrogens (tertiary/aromatic N) is 1. The zero-order valence-corrected chi connectivity index (χ0v) is 15.2. The van der Waals surface area contributed by atoms with Gasteiger partial charge in [0.1, 0.15) is 11.5 Å². The Morgan fingerprint density at radius 3 is 2.54 bits per heavy atom. The van der Waals surface area contributed by atoms with Crippen molar-refractivity contribution in [1.29, 1.82) is 0 Å². The number of hydrogen-bond acceptors (Lipinski definition) is 4. The fraction of sp³-hybridized carbons (Fsp3) is 0.350. The van der Waals surface area contributed by atoms with Crippen LogP contribution in [0.4, 0.5) is 0 Å². The summed E-state index contributed by atoms with van der Waals surface area (Å²) in [6, 6.07) is 8.69. The Morgan fingerprint density at radius 1 is 1.12 bits per heavy atom. The van der Waals surface area contributed by atoms with Crippen molar-refractivity contribution in [2.24, 2.45) is 0 Å². The van der Waals surface area contributed by atoms with Crippen LogP contribution in [0.15, 0.2) is 34.7 Å². The molecule has 1 aromatic carbocycles. The van der Waals surface area contributed by atoms with Crippen LogP contribution in [0.25, 0.3) is 0 Å². The molecule has 0 aliphatic carbocycles. The first kappa shape index (κ1) is 17.9. The molecule has 1 aliphatic rings. The molecule has 2 heterocycles. The molecule has 26 heavy (non-hydrogen) atoms. The van der Waals surface area contributed by atoms with Crippen LogP contribution in [0.2, 0.25) is 0 Å². The van der Waals surface area contributed by atoms with Gasteiger partial charge in [0.05, 0.1) is 17.2 Å². The third-order valence-electron chi connectivity index (χ3n) is 4.48. The van der Waals surface area contributed by atoms with Gasteiger partial charge in [-0.3, -0.25) is 19.3 Å². The quantitative estimate of drug-likeness (QED) is 0.808. The molecule has 1 aromatic heterocycles. The van der Waals surface area contributed by atoms with E-state index in [4.69, 9.17) is 4.42 Å². The fourth-order valence-corrected chi connectivity index (χ4v) is 3.08. The van der Waals surface area contributed by atoms with E-state index >= 15 is 0 Å². The van der Waals surface area contributed by atoms with E-state index in [1.165, 1.54) is 4.90 Å². The largest absolute Gasteiger partial charge is 0.464 e. The van der Waals surface area contributed by atoms with E-state index in [2.05, 4.69) is 5.32 Å². The molecule has 6 nitrogen and oxygen atoms in total. The summed E-state index contributed by atoms with van der Waals surface area (Å²) in [5.41, 5.74) is 1.82. The Labute approximate surface area is 152 Å². The Kier molecular flexibility index (Phi) is 4.93. The van der Waals surface area contributed by atoms with Crippen molar-refractivity contribution in [3.8, 4) is 0 Å². The molecular weight excluding hydrogens is 332 g/mol. The monoisotopic (exact) mass is 354 g/mol. The lowest BCUT2D eigenvalue weighted by molar-refractivity contribution is -0.122. The molecule has 3 rings (SSSR count). The van der Waals surface area contributed by atoms with Crippen LogP contribution in [0.1, 0.15) is 63.6 Å². The Bertz CT molecular complexity index is 868. The number of hydrogen-bond donors (Lipinski definition) is 1. The lowest BCUT2D eigenvalue weighted by atomic mass is 10.1. The highest BCUT2D eigenvalue weighted by Gasteiger charge is 2.34. The first-order chi connectivity index (χ1) is 12.4. The molecule has 0 fully saturated rings. The fourth-order valence-electron chi connectivity index (χ4n) is 3.08. The molecular formula is C20H22N2O4. The van der Waals surface area contributed by atoms with Crippen molar-refractivity contribution in [3.63, 3.8) is 0 Å². The molecule has 0 radical (unpaired) electrons. The predicted octanol–water partition coefficient (Wildman–Crippen LogP) is 3.15. The summed E-state index contributed by atoms with van der Waals surface area (Å²) in [4.78, 5) is 38.1. The summed E-state index contributed by atoms with van der Waals surface area (Å²) < 4.78 is 5.49. The zero-order valence-electron chi connectivity index (χ0n) is 15.2. The highest BCUT2D eigenvalue weighted by atomic mass is 16.3. The number of aryl methyl sites for hydroxylation is 2. The maximum atomic E-state index is 12.4. The van der Waals surface area contributed by atoms with E-state index in [0.717, 1.165) is 11.3 Å². The van der Waals surface area contributed by atoms with Crippen LogP contribution < -0.4 is 5.32 Å². The minimum absolute atomic E-state index is 0.140. The second kappa shape index (κ2) is 7.15. The van der Waals surface area contributed by atoms with E-state index < -0.39 is 0 Å². The molecule has 0 unspecified atom stereocenters. The summed E-state index contributed by atoms with van der Waals surface area (Å²) in [6.45, 7) is 5.81. The summed E-state index contributed by atoms with van der Waals surface area (Å²) in [6.07, 6.45) is 0.649. The Hall–Kier alpha value is -2.89. The van der Waals surface area contributed by atoms with Gasteiger partial charge in [0.2, 0.25) is 5.91 Å². The van der Waals surface area contributed by atoms with Gasteiger partial charge in [0.15, 0.2) is 0 Å². The molecule has 136 valence electrons. The van der Waals surface area contributed by atoms with Gasteiger partial charge in [-0.05, 0) is 51.5 Å². The van der Waals surface area contributed by atoms with Crippen LogP contribution in [-0.2, 0) is 4.79 Å². The predicted molar refractivity (Wildman–Crippen MR) is 95.8 cm³/mol. The SMILES string of the molecule is Cc1ccc2c(c1)C(=O)N(CCCC(=O)N[C@H](C)c1ccc(C)o1)C2=O. The van der Waals surface area contributed by atoms with Crippen molar-refractivity contribution in [2.75, 3.05) is 6.54 Å². The maximum absolute atomic E-state index is 12.4. The molecule has 0 spiro atoms. The zero-order chi connectivity index (χ0) is 18.8. The normalized spacial score (nSPS) is 14.5. The van der Waals surface area contributed by atoms with Gasteiger partial charge in [0.25, 0.3) is 11.8 Å². The molecule has 6 heteroatoms. The summed E-state index contributed by atoms with van der Waals surface area (Å²) in [7, 11) is 0. The van der Waals surface area contributed by atoms with Crippen molar-refractivity contribution < 1.29 is 18.8 Å². The number of imide groups is 1. The van der Waals surface area contributed by atoms with Crippen LogP contribution >= 0.6 is 0 Å². The Balaban J connectivity index is 1.51. The van der Waals surface area contributed by atoms with Gasteiger partial charge in [-0.25, -0.2) is 0 Å². The van der Waals surface area contributed by atoms with E-state index in [-0.39, 0.29) is 36.7 Å². The molecule has 2 aromatic rings. The molecule has 0 saturated heterocycles. The minimum atomic E-state index is -0.287. The van der Waals surface area contributed by atoms with Crippen LogP contribution in [-0.4, -0.2) is 29.2 Å². The molecule has 0 saturated carbocycles. The Morgan fingerprint density at radius 2 is 1.85 bits per heavy atom. The van der Waals surface area contributed by atoms with E-state index in [9.17, 15) is 14.4 Å². The summed E-state index contributed by atoms with van der Waals surface area (Å²) in [5, 5.41) is 2.86. The highest BCUT2D eigenvalue weighted by Crippen LogP contribution is 2.24. The number of rotatable bonds is 6. The van der Waals surface area contributed by atoms with E-state index in [1.54, 1.807) is 12.1 Å². The van der Waals surface area contributed by atoms with Gasteiger partial charge in [0, 0.05) is 13.0 Å². The number of amides is 3. The first-order valence-corrected chi connectivity index (χ1v) is 8.69. The number of fused-ring (bicyclic) bond motifs is 1. The number of nitrogens with one attached hydrogen (secondary N) is 1. The lowest BCUT2D eigenvalue weighted by Crippen LogP contribution is -2.32. The second-order valence-corrected chi connectivity index (χ2v) is 6.65. The van der Waals surface area contributed by atoms with Gasteiger partial charge in [-0.1, -0.05) is 11.6 Å². The van der Waals surface area contributed by atoms with Gasteiger partial charge >= 0.3 is 0 Å². The summed E-state index contributed by atoms with van der Waals surface area (Å²) in [5.74, 6) is 0.783. The molecule has 1 aliphatic heterocycles. The maximum Gasteiger partial charge on any atom is 0.261 e. The number of carbonyl (C=O) groups excluding carboxylic acids is 3. The number of carbonyl (C=O) groups is 3. The van der Waals surface area contributed by atoms with Crippen LogP contribution in [0.5, 0.6) is 0 Å². The van der Waals surface area contributed by atoms with Crippen molar-refractivity contribution >= 4 is 17.7 Å². The summed E-state index contributed by atoms with van der Waals surface area (Å²) >= 11 is 0. The third-order valence-corrected chi connectivity index (χ3v) is 4.48. The second-order valence-electron chi connectivity index (χ2n) is 6.65. The average molecular weight is 354 g/mol. The molecule has 1 N–H and O–H groups in total. The highest BCUT2D eigenvalue weighted by molar-refractivity contribution is 6.21. The first-order valence-electron chi connectivity index (χ1n) is 8.69. The average Bonchev–Trinajstić information content (AvgIpc) is 3.12. The van der Waals surface area contributed by atoms with Crippen molar-refractivity contribution in [2.45, 2.75) is 39.7 Å². The number of furan rings is 1. The van der Waals surface area contributed by atoms with Gasteiger partial charge in [-0.15, -0.1) is 0 Å². The van der Waals surface area contributed by atoms with Crippen LogP contribution in [0.3, 0.4) is 0 Å². The molecule has 3 amide bonds. The third kappa shape index (κ3) is 3.54. The minimum Gasteiger partial charge on any atom is -0.464 e. The lowest BCUT2D eigenvalue weighted by Gasteiger charge is -2.15. The van der Waals surface area contributed by atoms with Crippen LogP contribution in [0, 0.1) is 13.8 Å². The number of benzene rings is 1. The smallest absolute Gasteiger partial charge is 0.261 e. The van der Waals surface area contributed by atoms with Gasteiger partial charge in [-0.2, -0.15) is 0 Å². The van der Waals surface area contributed by atoms with E-state index in [1.807, 2.05) is 39.0 Å².